The summed E-state index contributed by atoms with van der Waals surface area (Å²) in [5.74, 6) is 0.294. The van der Waals surface area contributed by atoms with Gasteiger partial charge in [0.15, 0.2) is 24.4 Å². The van der Waals surface area contributed by atoms with Gasteiger partial charge in [0, 0.05) is 0 Å². The predicted molar refractivity (Wildman–Crippen MR) is 69.2 cm³/mol. The lowest BCUT2D eigenvalue weighted by molar-refractivity contribution is 0.111. The van der Waals surface area contributed by atoms with E-state index < -0.39 is 6.09 Å². The van der Waals surface area contributed by atoms with E-state index in [0.717, 1.165) is 5.56 Å². The van der Waals surface area contributed by atoms with Gasteiger partial charge in [-0.3, -0.25) is 4.79 Å². The minimum Gasteiger partial charge on any atom is -0.441 e. The third-order valence-corrected chi connectivity index (χ3v) is 2.75. The molecule has 106 valence electrons. The Labute approximate surface area is 114 Å². The second-order valence-electron chi connectivity index (χ2n) is 5.31. The zero-order chi connectivity index (χ0) is 14.9. The molecule has 0 aromatic carbocycles. The van der Waals surface area contributed by atoms with Crippen LogP contribution in [0.15, 0.2) is 6.07 Å². The quantitative estimate of drug-likeness (QED) is 0.831. The molecule has 2 aromatic rings. The van der Waals surface area contributed by atoms with Crippen molar-refractivity contribution < 1.29 is 14.3 Å². The Morgan fingerprint density at radius 1 is 1.45 bits per heavy atom. The lowest BCUT2D eigenvalue weighted by atomic mass is 9.86. The molecule has 0 spiro atoms. The van der Waals surface area contributed by atoms with Crippen LogP contribution < -0.4 is 5.73 Å². The molecule has 2 heterocycles. The summed E-state index contributed by atoms with van der Waals surface area (Å²) in [6, 6.07) is 1.75. The van der Waals surface area contributed by atoms with Gasteiger partial charge in [-0.1, -0.05) is 20.8 Å². The van der Waals surface area contributed by atoms with Crippen LogP contribution in [0.3, 0.4) is 0 Å². The van der Waals surface area contributed by atoms with Gasteiger partial charge in [0.05, 0.1) is 0 Å². The Kier molecular flexibility index (Phi) is 3.39. The number of nitrogens with zero attached hydrogens (tertiary/aromatic N) is 4. The van der Waals surface area contributed by atoms with Crippen LogP contribution in [-0.4, -0.2) is 32.2 Å². The number of aromatic nitrogens is 4. The Balaban J connectivity index is 2.52. The van der Waals surface area contributed by atoms with Gasteiger partial charge in [-0.25, -0.2) is 4.79 Å². The highest BCUT2D eigenvalue weighted by Gasteiger charge is 2.21. The molecule has 0 aliphatic rings. The topological polar surface area (TPSA) is 112 Å². The fourth-order valence-corrected chi connectivity index (χ4v) is 1.80. The maximum absolute atomic E-state index is 11.2. The van der Waals surface area contributed by atoms with E-state index in [1.165, 1.54) is 4.52 Å². The number of aldehydes is 1. The van der Waals surface area contributed by atoms with Gasteiger partial charge in [-0.15, -0.1) is 10.2 Å². The molecule has 2 rings (SSSR count). The predicted octanol–water partition coefficient (Wildman–Crippen LogP) is 0.830. The molecule has 0 saturated carbocycles. The highest BCUT2D eigenvalue weighted by molar-refractivity contribution is 5.75. The van der Waals surface area contributed by atoms with Crippen molar-refractivity contribution in [1.29, 1.82) is 0 Å². The molecule has 2 aromatic heterocycles. The number of carbonyl (C=O) groups is 2. The third-order valence-electron chi connectivity index (χ3n) is 2.75. The van der Waals surface area contributed by atoms with Crippen molar-refractivity contribution in [1.82, 2.24) is 19.8 Å². The number of nitrogens with two attached hydrogens (primary N) is 1. The molecule has 20 heavy (non-hydrogen) atoms. The first kappa shape index (κ1) is 13.9. The van der Waals surface area contributed by atoms with Crippen molar-refractivity contribution in [2.45, 2.75) is 32.8 Å². The van der Waals surface area contributed by atoms with Crippen molar-refractivity contribution in [2.75, 3.05) is 0 Å². The second kappa shape index (κ2) is 4.87. The van der Waals surface area contributed by atoms with Gasteiger partial charge in [0.25, 0.3) is 0 Å². The fraction of sp³-hybridized carbons (Fsp3) is 0.417. The van der Waals surface area contributed by atoms with Gasteiger partial charge < -0.3 is 10.5 Å². The van der Waals surface area contributed by atoms with Crippen LogP contribution in [0.5, 0.6) is 0 Å². The SMILES string of the molecule is CC(C)(C)c1cc2nnc(COC(N)=O)n2nc1C=O. The zero-order valence-corrected chi connectivity index (χ0v) is 11.5. The van der Waals surface area contributed by atoms with E-state index in [4.69, 9.17) is 5.73 Å². The first-order chi connectivity index (χ1) is 9.32. The van der Waals surface area contributed by atoms with Crippen LogP contribution in [0.25, 0.3) is 5.65 Å². The molecular formula is C12H15N5O3. The van der Waals surface area contributed by atoms with Crippen LogP contribution in [0.1, 0.15) is 42.6 Å². The minimum atomic E-state index is -0.913. The smallest absolute Gasteiger partial charge is 0.404 e. The van der Waals surface area contributed by atoms with Crippen LogP contribution >= 0.6 is 0 Å². The van der Waals surface area contributed by atoms with Crippen molar-refractivity contribution in [2.24, 2.45) is 5.73 Å². The molecule has 1 amide bonds. The average Bonchev–Trinajstić information content (AvgIpc) is 2.75. The normalized spacial score (nSPS) is 11.6. The first-order valence-corrected chi connectivity index (χ1v) is 5.96. The van der Waals surface area contributed by atoms with Crippen molar-refractivity contribution in [3.05, 3.63) is 23.1 Å². The van der Waals surface area contributed by atoms with E-state index in [9.17, 15) is 9.59 Å². The monoisotopic (exact) mass is 277 g/mol. The van der Waals surface area contributed by atoms with E-state index in [0.29, 0.717) is 23.5 Å². The molecule has 0 saturated heterocycles. The number of amides is 1. The van der Waals surface area contributed by atoms with E-state index in [1.54, 1.807) is 6.07 Å². The fourth-order valence-electron chi connectivity index (χ4n) is 1.80. The Bertz CT molecular complexity index is 672. The molecule has 0 unspecified atom stereocenters. The van der Waals surface area contributed by atoms with Gasteiger partial charge in [-0.2, -0.15) is 9.61 Å². The summed E-state index contributed by atoms with van der Waals surface area (Å²) in [5, 5.41) is 12.0. The van der Waals surface area contributed by atoms with E-state index in [2.05, 4.69) is 20.0 Å². The van der Waals surface area contributed by atoms with Gasteiger partial charge in [0.1, 0.15) is 5.69 Å². The van der Waals surface area contributed by atoms with Crippen LogP contribution in [0.4, 0.5) is 4.79 Å². The third kappa shape index (κ3) is 2.58. The lowest BCUT2D eigenvalue weighted by Crippen LogP contribution is -2.18. The summed E-state index contributed by atoms with van der Waals surface area (Å²) in [6.45, 7) is 5.76. The molecule has 8 nitrogen and oxygen atoms in total. The molecular weight excluding hydrogens is 262 g/mol. The average molecular weight is 277 g/mol. The molecule has 0 aliphatic heterocycles. The lowest BCUT2D eigenvalue weighted by Gasteiger charge is -2.20. The summed E-state index contributed by atoms with van der Waals surface area (Å²) >= 11 is 0. The van der Waals surface area contributed by atoms with Crippen LogP contribution in [-0.2, 0) is 16.8 Å². The van der Waals surface area contributed by atoms with E-state index >= 15 is 0 Å². The van der Waals surface area contributed by atoms with Crippen molar-refractivity contribution >= 4 is 18.0 Å². The summed E-state index contributed by atoms with van der Waals surface area (Å²) < 4.78 is 6.02. The second-order valence-corrected chi connectivity index (χ2v) is 5.31. The first-order valence-electron chi connectivity index (χ1n) is 5.96. The largest absolute Gasteiger partial charge is 0.441 e. The summed E-state index contributed by atoms with van der Waals surface area (Å²) in [5.41, 5.74) is 6.19. The number of rotatable bonds is 3. The number of hydrogen-bond donors (Lipinski definition) is 1. The van der Waals surface area contributed by atoms with Crippen molar-refractivity contribution in [3.63, 3.8) is 0 Å². The standard InChI is InChI=1S/C12H15N5O3/c1-12(2,3)7-4-9-14-15-10(6-20-11(13)19)17(9)16-8(7)5-18/h4-5H,6H2,1-3H3,(H2,13,19). The number of ether oxygens (including phenoxy) is 1. The maximum Gasteiger partial charge on any atom is 0.404 e. The van der Waals surface area contributed by atoms with Crippen LogP contribution in [0, 0.1) is 0 Å². The summed E-state index contributed by atoms with van der Waals surface area (Å²) in [6.07, 6.45) is -0.234. The van der Waals surface area contributed by atoms with Gasteiger partial charge >= 0.3 is 6.09 Å². The number of hydrogen-bond acceptors (Lipinski definition) is 6. The number of carbonyl (C=O) groups excluding carboxylic acids is 2. The molecule has 0 bridgehead atoms. The zero-order valence-electron chi connectivity index (χ0n) is 11.5. The molecule has 2 N–H and O–H groups in total. The Hall–Kier alpha value is -2.51. The van der Waals surface area contributed by atoms with Crippen LogP contribution in [0.2, 0.25) is 0 Å². The summed E-state index contributed by atoms with van der Waals surface area (Å²) in [7, 11) is 0. The van der Waals surface area contributed by atoms with Gasteiger partial charge in [0.2, 0.25) is 0 Å². The molecule has 0 fully saturated rings. The molecule has 0 atom stereocenters. The highest BCUT2D eigenvalue weighted by atomic mass is 16.5. The highest BCUT2D eigenvalue weighted by Crippen LogP contribution is 2.25. The maximum atomic E-state index is 11.2. The molecule has 0 radical (unpaired) electrons. The van der Waals surface area contributed by atoms with E-state index in [1.807, 2.05) is 20.8 Å². The van der Waals surface area contributed by atoms with Crippen molar-refractivity contribution in [3.8, 4) is 0 Å². The molecule has 0 aliphatic carbocycles. The van der Waals surface area contributed by atoms with E-state index in [-0.39, 0.29) is 12.0 Å². The molecule has 8 heteroatoms. The summed E-state index contributed by atoms with van der Waals surface area (Å²) in [4.78, 5) is 21.8. The minimum absolute atomic E-state index is 0.156. The Morgan fingerprint density at radius 2 is 2.15 bits per heavy atom. The number of fused-ring (bicyclic) bond motifs is 1. The Morgan fingerprint density at radius 3 is 2.70 bits per heavy atom. The number of primary amides is 1. The van der Waals surface area contributed by atoms with Gasteiger partial charge in [-0.05, 0) is 17.0 Å².